The highest BCUT2D eigenvalue weighted by Crippen LogP contribution is 2.07. The van der Waals surface area contributed by atoms with Gasteiger partial charge < -0.3 is 20.1 Å². The van der Waals surface area contributed by atoms with E-state index in [1.165, 1.54) is 0 Å². The summed E-state index contributed by atoms with van der Waals surface area (Å²) in [6, 6.07) is 8.79. The number of aliphatic carboxylic acids is 1. The number of hydrogen-bond donors (Lipinski definition) is 2. The first-order valence-electron chi connectivity index (χ1n) is 7.29. The van der Waals surface area contributed by atoms with E-state index < -0.39 is 5.97 Å². The molecule has 0 fully saturated rings. The second-order valence-corrected chi connectivity index (χ2v) is 4.95. The molecule has 0 aromatic heterocycles. The number of rotatable bonds is 9. The minimum atomic E-state index is -0.881. The van der Waals surface area contributed by atoms with Crippen LogP contribution >= 0.6 is 0 Å². The SMILES string of the molecule is COCCN(Cc1ccc(C#N)cc1)C(=O)NCCCC(=O)O. The second kappa shape index (κ2) is 10.2. The zero-order valence-electron chi connectivity index (χ0n) is 13.1. The highest BCUT2D eigenvalue weighted by atomic mass is 16.5. The number of urea groups is 1. The lowest BCUT2D eigenvalue weighted by molar-refractivity contribution is -0.137. The molecule has 1 rings (SSSR count). The summed E-state index contributed by atoms with van der Waals surface area (Å²) in [5, 5.41) is 20.1. The van der Waals surface area contributed by atoms with Crippen molar-refractivity contribution in [1.29, 1.82) is 5.26 Å². The van der Waals surface area contributed by atoms with Crippen molar-refractivity contribution in [1.82, 2.24) is 10.2 Å². The minimum Gasteiger partial charge on any atom is -0.481 e. The number of nitrogens with zero attached hydrogens (tertiary/aromatic N) is 2. The number of carboxylic acid groups (broad SMARTS) is 1. The molecule has 0 saturated heterocycles. The van der Waals surface area contributed by atoms with Crippen LogP contribution < -0.4 is 5.32 Å². The van der Waals surface area contributed by atoms with Gasteiger partial charge in [-0.15, -0.1) is 0 Å². The van der Waals surface area contributed by atoms with E-state index in [1.54, 1.807) is 36.3 Å². The highest BCUT2D eigenvalue weighted by molar-refractivity contribution is 5.74. The van der Waals surface area contributed by atoms with Crippen LogP contribution in [0.4, 0.5) is 4.79 Å². The summed E-state index contributed by atoms with van der Waals surface area (Å²) in [6.07, 6.45) is 0.407. The number of nitriles is 1. The number of benzene rings is 1. The maximum absolute atomic E-state index is 12.2. The number of amides is 2. The Labute approximate surface area is 135 Å². The molecule has 2 N–H and O–H groups in total. The molecule has 7 heteroatoms. The largest absolute Gasteiger partial charge is 0.481 e. The summed E-state index contributed by atoms with van der Waals surface area (Å²) in [4.78, 5) is 24.2. The third kappa shape index (κ3) is 7.29. The van der Waals surface area contributed by atoms with Crippen LogP contribution in [0, 0.1) is 11.3 Å². The Morgan fingerprint density at radius 1 is 1.35 bits per heavy atom. The zero-order chi connectivity index (χ0) is 17.1. The van der Waals surface area contributed by atoms with E-state index in [0.29, 0.717) is 38.2 Å². The fourth-order valence-electron chi connectivity index (χ4n) is 1.91. The number of carbonyl (C=O) groups excluding carboxylic acids is 1. The maximum Gasteiger partial charge on any atom is 0.317 e. The van der Waals surface area contributed by atoms with Crippen molar-refractivity contribution in [3.63, 3.8) is 0 Å². The summed E-state index contributed by atoms with van der Waals surface area (Å²) in [7, 11) is 1.56. The molecule has 0 aliphatic heterocycles. The number of carbonyl (C=O) groups is 2. The summed E-state index contributed by atoms with van der Waals surface area (Å²) in [5.74, 6) is -0.881. The van der Waals surface area contributed by atoms with Crippen LogP contribution in [0.25, 0.3) is 0 Å². The molecule has 2 amide bonds. The van der Waals surface area contributed by atoms with Crippen LogP contribution in [0.1, 0.15) is 24.0 Å². The van der Waals surface area contributed by atoms with Crippen molar-refractivity contribution in [2.24, 2.45) is 0 Å². The van der Waals surface area contributed by atoms with Crippen molar-refractivity contribution < 1.29 is 19.4 Å². The molecule has 0 heterocycles. The van der Waals surface area contributed by atoms with Crippen molar-refractivity contribution in [3.8, 4) is 6.07 Å². The van der Waals surface area contributed by atoms with E-state index >= 15 is 0 Å². The van der Waals surface area contributed by atoms with Gasteiger partial charge in [-0.1, -0.05) is 12.1 Å². The average molecular weight is 319 g/mol. The first kappa shape index (κ1) is 18.5. The van der Waals surface area contributed by atoms with E-state index in [0.717, 1.165) is 5.56 Å². The van der Waals surface area contributed by atoms with Gasteiger partial charge in [0.2, 0.25) is 0 Å². The lowest BCUT2D eigenvalue weighted by Gasteiger charge is -2.23. The Bertz CT molecular complexity index is 551. The predicted molar refractivity (Wildman–Crippen MR) is 83.7 cm³/mol. The molecule has 0 spiro atoms. The van der Waals surface area contributed by atoms with Crippen LogP contribution in [0.2, 0.25) is 0 Å². The molecule has 0 radical (unpaired) electrons. The first-order valence-corrected chi connectivity index (χ1v) is 7.29. The fraction of sp³-hybridized carbons (Fsp3) is 0.438. The quantitative estimate of drug-likeness (QED) is 0.673. The van der Waals surface area contributed by atoms with Gasteiger partial charge in [0, 0.05) is 33.2 Å². The summed E-state index contributed by atoms with van der Waals surface area (Å²) in [6.45, 7) is 1.52. The van der Waals surface area contributed by atoms with E-state index in [2.05, 4.69) is 5.32 Å². The van der Waals surface area contributed by atoms with Gasteiger partial charge in [-0.25, -0.2) is 4.79 Å². The lowest BCUT2D eigenvalue weighted by Crippen LogP contribution is -2.41. The first-order chi connectivity index (χ1) is 11.1. The smallest absolute Gasteiger partial charge is 0.317 e. The van der Waals surface area contributed by atoms with E-state index in [4.69, 9.17) is 15.1 Å². The van der Waals surface area contributed by atoms with Crippen molar-refractivity contribution >= 4 is 12.0 Å². The minimum absolute atomic E-state index is 0.0218. The standard InChI is InChI=1S/C16H21N3O4/c1-23-10-9-19(16(22)18-8-2-3-15(20)21)12-14-6-4-13(11-17)5-7-14/h4-7H,2-3,8-10,12H2,1H3,(H,18,22)(H,20,21). The zero-order valence-corrected chi connectivity index (χ0v) is 13.1. The molecule has 0 saturated carbocycles. The molecule has 1 aromatic rings. The monoisotopic (exact) mass is 319 g/mol. The van der Waals surface area contributed by atoms with Gasteiger partial charge in [0.05, 0.1) is 18.2 Å². The van der Waals surface area contributed by atoms with Crippen LogP contribution in [0.15, 0.2) is 24.3 Å². The number of carboxylic acids is 1. The predicted octanol–water partition coefficient (Wildman–Crippen LogP) is 1.58. The molecule has 0 aliphatic rings. The Morgan fingerprint density at radius 2 is 2.04 bits per heavy atom. The molecule has 7 nitrogen and oxygen atoms in total. The third-order valence-electron chi connectivity index (χ3n) is 3.15. The highest BCUT2D eigenvalue weighted by Gasteiger charge is 2.13. The van der Waals surface area contributed by atoms with E-state index in [9.17, 15) is 9.59 Å². The molecular formula is C16H21N3O4. The molecule has 0 unspecified atom stereocenters. The molecule has 1 aromatic carbocycles. The fourth-order valence-corrected chi connectivity index (χ4v) is 1.91. The molecular weight excluding hydrogens is 298 g/mol. The van der Waals surface area contributed by atoms with Crippen LogP contribution in [0.3, 0.4) is 0 Å². The van der Waals surface area contributed by atoms with Crippen LogP contribution in [0.5, 0.6) is 0 Å². The van der Waals surface area contributed by atoms with Crippen molar-refractivity contribution in [3.05, 3.63) is 35.4 Å². The van der Waals surface area contributed by atoms with Gasteiger partial charge in [-0.3, -0.25) is 4.79 Å². The molecule has 0 atom stereocenters. The van der Waals surface area contributed by atoms with Gasteiger partial charge in [0.15, 0.2) is 0 Å². The Kier molecular flexibility index (Phi) is 8.18. The van der Waals surface area contributed by atoms with Crippen molar-refractivity contribution in [2.45, 2.75) is 19.4 Å². The summed E-state index contributed by atoms with van der Waals surface area (Å²) < 4.78 is 5.01. The van der Waals surface area contributed by atoms with Gasteiger partial charge in [-0.2, -0.15) is 5.26 Å². The Balaban J connectivity index is 2.57. The van der Waals surface area contributed by atoms with Gasteiger partial charge in [-0.05, 0) is 24.1 Å². The number of ether oxygens (including phenoxy) is 1. The number of methoxy groups -OCH3 is 1. The lowest BCUT2D eigenvalue weighted by atomic mass is 10.1. The van der Waals surface area contributed by atoms with E-state index in [1.807, 2.05) is 6.07 Å². The average Bonchev–Trinajstić information content (AvgIpc) is 2.55. The summed E-state index contributed by atoms with van der Waals surface area (Å²) in [5.41, 5.74) is 1.47. The maximum atomic E-state index is 12.2. The Hall–Kier alpha value is -2.59. The molecule has 23 heavy (non-hydrogen) atoms. The van der Waals surface area contributed by atoms with Crippen LogP contribution in [-0.4, -0.2) is 48.8 Å². The van der Waals surface area contributed by atoms with Gasteiger partial charge in [0.1, 0.15) is 0 Å². The molecule has 124 valence electrons. The van der Waals surface area contributed by atoms with E-state index in [-0.39, 0.29) is 12.5 Å². The Morgan fingerprint density at radius 3 is 2.61 bits per heavy atom. The summed E-state index contributed by atoms with van der Waals surface area (Å²) >= 11 is 0. The number of nitrogens with one attached hydrogen (secondary N) is 1. The molecule has 0 bridgehead atoms. The third-order valence-corrected chi connectivity index (χ3v) is 3.15. The number of hydrogen-bond acceptors (Lipinski definition) is 4. The normalized spacial score (nSPS) is 9.91. The molecule has 0 aliphatic carbocycles. The van der Waals surface area contributed by atoms with Crippen molar-refractivity contribution in [2.75, 3.05) is 26.8 Å². The van der Waals surface area contributed by atoms with Gasteiger partial charge in [0.25, 0.3) is 0 Å². The topological polar surface area (TPSA) is 103 Å². The van der Waals surface area contributed by atoms with Crippen LogP contribution in [-0.2, 0) is 16.1 Å². The second-order valence-electron chi connectivity index (χ2n) is 4.95. The van der Waals surface area contributed by atoms with Gasteiger partial charge >= 0.3 is 12.0 Å².